The van der Waals surface area contributed by atoms with Crippen LogP contribution in [0.3, 0.4) is 0 Å². The Morgan fingerprint density at radius 2 is 1.65 bits per heavy atom. The van der Waals surface area contributed by atoms with Crippen molar-refractivity contribution < 1.29 is 0 Å². The number of aryl methyl sites for hydroxylation is 1. The van der Waals surface area contributed by atoms with E-state index in [4.69, 9.17) is 6.42 Å². The highest BCUT2D eigenvalue weighted by Gasteiger charge is 2.03. The monoisotopic (exact) mass is 297 g/mol. The summed E-state index contributed by atoms with van der Waals surface area (Å²) in [6.07, 6.45) is 14.9. The Morgan fingerprint density at radius 1 is 0.957 bits per heavy atom. The van der Waals surface area contributed by atoms with Crippen LogP contribution in [0, 0.1) is 24.7 Å². The Morgan fingerprint density at radius 3 is 2.26 bits per heavy atom. The van der Waals surface area contributed by atoms with Gasteiger partial charge >= 0.3 is 0 Å². The van der Waals surface area contributed by atoms with Crippen molar-refractivity contribution in [2.45, 2.75) is 20.3 Å². The standard InChI is InChI=1S/C14H14.C9H7/c1-2-12-8-6-7-11-14(12)13-9-4-3-5-10-13;1-3-9-6-4-8(2)5-7-9/h3-11H,2H2,1H3;1,4-6H,2H3. The average molecular weight is 297 g/mol. The summed E-state index contributed by atoms with van der Waals surface area (Å²) in [6, 6.07) is 19.1. The topological polar surface area (TPSA) is 0 Å². The van der Waals surface area contributed by atoms with E-state index < -0.39 is 0 Å². The van der Waals surface area contributed by atoms with Gasteiger partial charge in [-0.15, -0.1) is 6.42 Å². The van der Waals surface area contributed by atoms with Crippen LogP contribution >= 0.6 is 0 Å². The number of rotatable bonds is 2. The third-order valence-corrected chi connectivity index (χ3v) is 3.61. The zero-order valence-electron chi connectivity index (χ0n) is 13.7. The smallest absolute Gasteiger partial charge is 0.0813 e. The fraction of sp³-hybridized carbons (Fsp3) is 0.130. The van der Waals surface area contributed by atoms with Gasteiger partial charge in [0.05, 0.1) is 5.92 Å². The third-order valence-electron chi connectivity index (χ3n) is 3.61. The van der Waals surface area contributed by atoms with Gasteiger partial charge in [0.2, 0.25) is 0 Å². The van der Waals surface area contributed by atoms with Gasteiger partial charge in [-0.05, 0) is 30.0 Å². The maximum atomic E-state index is 5.12. The van der Waals surface area contributed by atoms with Crippen molar-refractivity contribution in [3.8, 4) is 23.5 Å². The maximum Gasteiger partial charge on any atom is 0.0813 e. The molecule has 0 N–H and O–H groups in total. The van der Waals surface area contributed by atoms with Crippen molar-refractivity contribution >= 4 is 0 Å². The van der Waals surface area contributed by atoms with Gasteiger partial charge < -0.3 is 0 Å². The van der Waals surface area contributed by atoms with E-state index in [1.165, 1.54) is 22.3 Å². The first kappa shape index (κ1) is 16.8. The summed E-state index contributed by atoms with van der Waals surface area (Å²) in [4.78, 5) is 0. The molecule has 0 unspecified atom stereocenters. The van der Waals surface area contributed by atoms with Gasteiger partial charge in [-0.3, -0.25) is 0 Å². The summed E-state index contributed by atoms with van der Waals surface area (Å²) in [7, 11) is 0. The van der Waals surface area contributed by atoms with Gasteiger partial charge in [-0.1, -0.05) is 91.2 Å². The minimum absolute atomic E-state index is 0.820. The molecule has 0 atom stereocenters. The summed E-state index contributed by atoms with van der Waals surface area (Å²) in [6.45, 7) is 4.21. The number of hydrogen-bond acceptors (Lipinski definition) is 0. The number of allylic oxidation sites excluding steroid dienone is 4. The van der Waals surface area contributed by atoms with Crippen molar-refractivity contribution in [2.75, 3.05) is 0 Å². The molecular formula is C23H21. The summed E-state index contributed by atoms with van der Waals surface area (Å²) >= 11 is 0. The maximum absolute atomic E-state index is 5.12. The van der Waals surface area contributed by atoms with Crippen molar-refractivity contribution in [1.29, 1.82) is 0 Å². The Kier molecular flexibility index (Phi) is 6.45. The van der Waals surface area contributed by atoms with E-state index in [-0.39, 0.29) is 0 Å². The normalized spacial score (nSPS) is 13.5. The molecule has 1 aliphatic carbocycles. The van der Waals surface area contributed by atoms with Crippen LogP contribution in [-0.2, 0) is 6.42 Å². The highest BCUT2D eigenvalue weighted by atomic mass is 14.1. The largest absolute Gasteiger partial charge is 0.119 e. The lowest BCUT2D eigenvalue weighted by Gasteiger charge is -2.06. The molecule has 113 valence electrons. The quantitative estimate of drug-likeness (QED) is 0.623. The molecule has 0 amide bonds. The fourth-order valence-corrected chi connectivity index (χ4v) is 2.32. The molecule has 0 heteroatoms. The molecule has 0 aromatic heterocycles. The first-order valence-electron chi connectivity index (χ1n) is 7.83. The molecule has 2 aromatic rings. The predicted molar refractivity (Wildman–Crippen MR) is 99.5 cm³/mol. The molecule has 3 radical (unpaired) electrons. The van der Waals surface area contributed by atoms with Crippen LogP contribution in [-0.4, -0.2) is 0 Å². The van der Waals surface area contributed by atoms with E-state index >= 15 is 0 Å². The second-order valence-corrected chi connectivity index (χ2v) is 5.30. The van der Waals surface area contributed by atoms with Crippen LogP contribution in [0.5, 0.6) is 0 Å². The molecule has 23 heavy (non-hydrogen) atoms. The molecule has 0 saturated heterocycles. The molecule has 1 aliphatic rings. The Balaban J connectivity index is 0.000000185. The van der Waals surface area contributed by atoms with Gasteiger partial charge in [-0.25, -0.2) is 0 Å². The van der Waals surface area contributed by atoms with Crippen molar-refractivity contribution in [2.24, 2.45) is 0 Å². The number of terminal acetylenes is 1. The molecule has 0 nitrogen and oxygen atoms in total. The van der Waals surface area contributed by atoms with Crippen LogP contribution in [0.2, 0.25) is 0 Å². The predicted octanol–water partition coefficient (Wildman–Crippen LogP) is 5.71. The minimum atomic E-state index is 0.820. The Hall–Kier alpha value is -2.52. The summed E-state index contributed by atoms with van der Waals surface area (Å²) in [5.74, 6) is 3.32. The highest BCUT2D eigenvalue weighted by molar-refractivity contribution is 5.67. The summed E-state index contributed by atoms with van der Waals surface area (Å²) in [5, 5.41) is 0. The lowest BCUT2D eigenvalue weighted by Crippen LogP contribution is -1.92. The van der Waals surface area contributed by atoms with Gasteiger partial charge in [0, 0.05) is 6.42 Å². The lowest BCUT2D eigenvalue weighted by molar-refractivity contribution is 1.14. The zero-order chi connectivity index (χ0) is 16.5. The highest BCUT2D eigenvalue weighted by Crippen LogP contribution is 2.23. The Bertz CT molecular complexity index is 711. The second-order valence-electron chi connectivity index (χ2n) is 5.30. The van der Waals surface area contributed by atoms with Crippen molar-refractivity contribution in [3.63, 3.8) is 0 Å². The van der Waals surface area contributed by atoms with Crippen molar-refractivity contribution in [3.05, 3.63) is 96.3 Å². The van der Waals surface area contributed by atoms with Crippen LogP contribution in [0.25, 0.3) is 11.1 Å². The van der Waals surface area contributed by atoms with Gasteiger partial charge in [0.1, 0.15) is 0 Å². The van der Waals surface area contributed by atoms with Crippen LogP contribution < -0.4 is 0 Å². The zero-order valence-corrected chi connectivity index (χ0v) is 13.7. The first-order valence-corrected chi connectivity index (χ1v) is 7.83. The van der Waals surface area contributed by atoms with Crippen LogP contribution in [0.15, 0.2) is 78.4 Å². The molecular weight excluding hydrogens is 276 g/mol. The molecule has 0 heterocycles. The molecule has 0 aliphatic heterocycles. The van der Waals surface area contributed by atoms with Crippen molar-refractivity contribution in [1.82, 2.24) is 0 Å². The fourth-order valence-electron chi connectivity index (χ4n) is 2.32. The molecule has 2 aromatic carbocycles. The SMILES string of the molecule is C#C[C]1[C]C=C(C)C=C1.CCc1ccccc1-c1ccccc1. The van der Waals surface area contributed by atoms with Gasteiger partial charge in [0.15, 0.2) is 0 Å². The average Bonchev–Trinajstić information content (AvgIpc) is 2.63. The third kappa shape index (κ3) is 5.01. The lowest BCUT2D eigenvalue weighted by atomic mass is 9.98. The molecule has 3 rings (SSSR count). The first-order chi connectivity index (χ1) is 11.2. The minimum Gasteiger partial charge on any atom is -0.119 e. The molecule has 0 fully saturated rings. The van der Waals surface area contributed by atoms with E-state index in [2.05, 4.69) is 73.9 Å². The molecule has 0 bridgehead atoms. The summed E-state index contributed by atoms with van der Waals surface area (Å²) in [5.41, 5.74) is 5.27. The van der Waals surface area contributed by atoms with E-state index in [0.29, 0.717) is 0 Å². The van der Waals surface area contributed by atoms with E-state index in [9.17, 15) is 0 Å². The summed E-state index contributed by atoms with van der Waals surface area (Å²) < 4.78 is 0. The Labute approximate surface area is 140 Å². The van der Waals surface area contributed by atoms with Gasteiger partial charge in [-0.2, -0.15) is 0 Å². The molecule has 0 saturated carbocycles. The van der Waals surface area contributed by atoms with E-state index in [1.807, 2.05) is 25.2 Å². The number of hydrogen-bond donors (Lipinski definition) is 0. The second kappa shape index (κ2) is 8.81. The van der Waals surface area contributed by atoms with E-state index in [1.54, 1.807) is 0 Å². The van der Waals surface area contributed by atoms with Crippen LogP contribution in [0.1, 0.15) is 19.4 Å². The van der Waals surface area contributed by atoms with E-state index in [0.717, 1.165) is 12.3 Å². The number of benzene rings is 2. The molecule has 0 spiro atoms. The van der Waals surface area contributed by atoms with Gasteiger partial charge in [0.25, 0.3) is 0 Å². The van der Waals surface area contributed by atoms with Crippen LogP contribution in [0.4, 0.5) is 0 Å².